The highest BCUT2D eigenvalue weighted by atomic mass is 16.3. The van der Waals surface area contributed by atoms with Gasteiger partial charge in [-0.15, -0.1) is 0 Å². The van der Waals surface area contributed by atoms with Crippen molar-refractivity contribution in [3.8, 4) is 0 Å². The van der Waals surface area contributed by atoms with Crippen molar-refractivity contribution in [1.29, 1.82) is 0 Å². The lowest BCUT2D eigenvalue weighted by molar-refractivity contribution is -0.119. The number of hydrogen-bond donors (Lipinski definition) is 3. The van der Waals surface area contributed by atoms with Crippen LogP contribution in [0.25, 0.3) is 0 Å². The summed E-state index contributed by atoms with van der Waals surface area (Å²) in [4.78, 5) is 23.9. The van der Waals surface area contributed by atoms with E-state index in [-0.39, 0.29) is 23.1 Å². The highest BCUT2D eigenvalue weighted by Crippen LogP contribution is 2.40. The molecular formula is C18H24N2O3. The van der Waals surface area contributed by atoms with Gasteiger partial charge in [-0.3, -0.25) is 9.59 Å². The number of nitrogens with one attached hydrogen (secondary N) is 2. The summed E-state index contributed by atoms with van der Waals surface area (Å²) in [6.07, 6.45) is 2.52. The Kier molecular flexibility index (Phi) is 4.15. The molecule has 1 aliphatic carbocycles. The monoisotopic (exact) mass is 316 g/mol. The first-order valence-corrected chi connectivity index (χ1v) is 8.26. The van der Waals surface area contributed by atoms with Crippen LogP contribution in [0.2, 0.25) is 0 Å². The smallest absolute Gasteiger partial charge is 0.253 e. The molecule has 1 heterocycles. The minimum Gasteiger partial charge on any atom is -0.373 e. The lowest BCUT2D eigenvalue weighted by atomic mass is 9.71. The zero-order chi connectivity index (χ0) is 16.6. The first-order chi connectivity index (χ1) is 10.9. The van der Waals surface area contributed by atoms with E-state index in [4.69, 9.17) is 0 Å². The third kappa shape index (κ3) is 3.24. The zero-order valence-electron chi connectivity index (χ0n) is 13.7. The van der Waals surface area contributed by atoms with Gasteiger partial charge in [0.05, 0.1) is 0 Å². The van der Waals surface area contributed by atoms with Crippen molar-refractivity contribution in [3.63, 3.8) is 0 Å². The summed E-state index contributed by atoms with van der Waals surface area (Å²) in [7, 11) is 0. The molecule has 1 unspecified atom stereocenters. The van der Waals surface area contributed by atoms with Crippen LogP contribution >= 0.6 is 0 Å². The van der Waals surface area contributed by atoms with Crippen molar-refractivity contribution >= 4 is 11.8 Å². The second kappa shape index (κ2) is 5.96. The molecule has 1 saturated heterocycles. The van der Waals surface area contributed by atoms with Crippen molar-refractivity contribution in [3.05, 3.63) is 34.9 Å². The maximum absolute atomic E-state index is 12.3. The van der Waals surface area contributed by atoms with E-state index in [1.54, 1.807) is 0 Å². The maximum Gasteiger partial charge on any atom is 0.253 e. The second-order valence-electron chi connectivity index (χ2n) is 7.28. The van der Waals surface area contributed by atoms with E-state index in [9.17, 15) is 14.7 Å². The predicted octanol–water partition coefficient (Wildman–Crippen LogP) is 1.39. The average molecular weight is 316 g/mol. The predicted molar refractivity (Wildman–Crippen MR) is 86.8 cm³/mol. The molecule has 3 rings (SSSR count). The van der Waals surface area contributed by atoms with E-state index in [1.807, 2.05) is 32.0 Å². The minimum absolute atomic E-state index is 0.0105. The van der Waals surface area contributed by atoms with Crippen LogP contribution in [0.15, 0.2) is 18.2 Å². The Balaban J connectivity index is 1.78. The van der Waals surface area contributed by atoms with Crippen LogP contribution in [-0.4, -0.2) is 29.7 Å². The molecule has 1 aromatic carbocycles. The van der Waals surface area contributed by atoms with Gasteiger partial charge in [-0.05, 0) is 48.4 Å². The lowest BCUT2D eigenvalue weighted by Crippen LogP contribution is -2.38. The third-order valence-corrected chi connectivity index (χ3v) is 5.07. The largest absolute Gasteiger partial charge is 0.373 e. The van der Waals surface area contributed by atoms with Gasteiger partial charge in [0.1, 0.15) is 6.23 Å². The fourth-order valence-electron chi connectivity index (χ4n) is 3.51. The summed E-state index contributed by atoms with van der Waals surface area (Å²) in [5.41, 5.74) is 2.99. The summed E-state index contributed by atoms with van der Waals surface area (Å²) in [5, 5.41) is 15.4. The maximum atomic E-state index is 12.3. The molecule has 2 aliphatic rings. The molecule has 1 spiro atoms. The molecule has 0 radical (unpaired) electrons. The van der Waals surface area contributed by atoms with Gasteiger partial charge in [0.25, 0.3) is 5.91 Å². The molecule has 23 heavy (non-hydrogen) atoms. The van der Waals surface area contributed by atoms with Gasteiger partial charge in [-0.1, -0.05) is 19.9 Å². The number of aliphatic hydroxyl groups excluding tert-OH is 1. The molecular weight excluding hydrogens is 292 g/mol. The Morgan fingerprint density at radius 1 is 1.30 bits per heavy atom. The third-order valence-electron chi connectivity index (χ3n) is 5.07. The van der Waals surface area contributed by atoms with Crippen molar-refractivity contribution in [2.24, 2.45) is 11.3 Å². The number of carbonyl (C=O) groups excluding carboxylic acids is 2. The summed E-state index contributed by atoms with van der Waals surface area (Å²) in [6, 6.07) is 5.74. The molecule has 5 heteroatoms. The SMILES string of the molecule is CC(C)C(O)NC(=O)c1ccc2c(c1)C[C@@]1(CC2)CNC(=O)C1. The standard InChI is InChI=1S/C18H24N2O3/c1-11(2)16(22)20-17(23)13-4-3-12-5-6-18(8-14(12)7-13)9-15(21)19-10-18/h3-4,7,11,16,22H,5-6,8-10H2,1-2H3,(H,19,21)(H,20,23)/t16?,18-/m1/s1. The molecule has 1 fully saturated rings. The quantitative estimate of drug-likeness (QED) is 0.737. The van der Waals surface area contributed by atoms with Gasteiger partial charge in [-0.25, -0.2) is 0 Å². The number of rotatable bonds is 3. The van der Waals surface area contributed by atoms with Crippen molar-refractivity contribution in [2.75, 3.05) is 6.54 Å². The van der Waals surface area contributed by atoms with Crippen LogP contribution in [0, 0.1) is 11.3 Å². The Labute approximate surface area is 136 Å². The van der Waals surface area contributed by atoms with Gasteiger partial charge >= 0.3 is 0 Å². The first-order valence-electron chi connectivity index (χ1n) is 8.26. The minimum atomic E-state index is -0.846. The molecule has 0 bridgehead atoms. The number of amides is 2. The summed E-state index contributed by atoms with van der Waals surface area (Å²) < 4.78 is 0. The van der Waals surface area contributed by atoms with E-state index in [2.05, 4.69) is 10.6 Å². The molecule has 5 nitrogen and oxygen atoms in total. The molecule has 0 aromatic heterocycles. The van der Waals surface area contributed by atoms with Crippen LogP contribution in [0.1, 0.15) is 48.2 Å². The molecule has 0 saturated carbocycles. The molecule has 3 N–H and O–H groups in total. The van der Waals surface area contributed by atoms with Crippen LogP contribution < -0.4 is 10.6 Å². The highest BCUT2D eigenvalue weighted by Gasteiger charge is 2.40. The Bertz CT molecular complexity index is 641. The Morgan fingerprint density at radius 3 is 2.74 bits per heavy atom. The number of carbonyl (C=O) groups is 2. The second-order valence-corrected chi connectivity index (χ2v) is 7.28. The van der Waals surface area contributed by atoms with Crippen molar-refractivity contribution in [2.45, 2.75) is 45.8 Å². The van der Waals surface area contributed by atoms with Gasteiger partial charge in [0.15, 0.2) is 0 Å². The van der Waals surface area contributed by atoms with Gasteiger partial charge < -0.3 is 15.7 Å². The Hall–Kier alpha value is -1.88. The number of aliphatic hydroxyl groups is 1. The first kappa shape index (κ1) is 16.0. The number of hydrogen-bond acceptors (Lipinski definition) is 3. The molecule has 1 aliphatic heterocycles. The van der Waals surface area contributed by atoms with Crippen LogP contribution in [0.3, 0.4) is 0 Å². The van der Waals surface area contributed by atoms with Crippen LogP contribution in [0.5, 0.6) is 0 Å². The van der Waals surface area contributed by atoms with E-state index < -0.39 is 6.23 Å². The van der Waals surface area contributed by atoms with Gasteiger partial charge in [0.2, 0.25) is 5.91 Å². The number of aryl methyl sites for hydroxylation is 1. The van der Waals surface area contributed by atoms with Crippen LogP contribution in [-0.2, 0) is 17.6 Å². The zero-order valence-corrected chi connectivity index (χ0v) is 13.7. The van der Waals surface area contributed by atoms with Crippen molar-refractivity contribution < 1.29 is 14.7 Å². The average Bonchev–Trinajstić information content (AvgIpc) is 2.86. The van der Waals surface area contributed by atoms with E-state index in [0.717, 1.165) is 31.4 Å². The molecule has 2 amide bonds. The lowest BCUT2D eigenvalue weighted by Gasteiger charge is -2.33. The van der Waals surface area contributed by atoms with Gasteiger partial charge in [0, 0.05) is 23.9 Å². The molecule has 2 atom stereocenters. The van der Waals surface area contributed by atoms with E-state index in [0.29, 0.717) is 12.0 Å². The molecule has 1 aromatic rings. The fraction of sp³-hybridized carbons (Fsp3) is 0.556. The van der Waals surface area contributed by atoms with E-state index in [1.165, 1.54) is 5.56 Å². The molecule has 124 valence electrons. The van der Waals surface area contributed by atoms with E-state index >= 15 is 0 Å². The summed E-state index contributed by atoms with van der Waals surface area (Å²) in [5.74, 6) is -0.160. The fourth-order valence-corrected chi connectivity index (χ4v) is 3.51. The Morgan fingerprint density at radius 2 is 2.09 bits per heavy atom. The summed E-state index contributed by atoms with van der Waals surface area (Å²) >= 11 is 0. The normalized spacial score (nSPS) is 24.4. The summed E-state index contributed by atoms with van der Waals surface area (Å²) in [6.45, 7) is 4.44. The van der Waals surface area contributed by atoms with Gasteiger partial charge in [-0.2, -0.15) is 0 Å². The van der Waals surface area contributed by atoms with Crippen molar-refractivity contribution in [1.82, 2.24) is 10.6 Å². The highest BCUT2D eigenvalue weighted by molar-refractivity contribution is 5.94. The number of fused-ring (bicyclic) bond motifs is 1. The van der Waals surface area contributed by atoms with Crippen LogP contribution in [0.4, 0.5) is 0 Å². The number of benzene rings is 1. The topological polar surface area (TPSA) is 78.4 Å².